The zero-order valence-electron chi connectivity index (χ0n) is 21.0. The Hall–Kier alpha value is -3.75. The molecule has 9 nitrogen and oxygen atoms in total. The van der Waals surface area contributed by atoms with Crippen LogP contribution >= 0.6 is 0 Å². The topological polar surface area (TPSA) is 115 Å². The van der Waals surface area contributed by atoms with Gasteiger partial charge in [0.2, 0.25) is 5.91 Å². The molecule has 1 aliphatic heterocycles. The maximum Gasteiger partial charge on any atom is 0.277 e. The molecule has 4 rings (SSSR count). The average Bonchev–Trinajstić information content (AvgIpc) is 3.56. The number of oxazole rings is 1. The van der Waals surface area contributed by atoms with Crippen LogP contribution in [0, 0.1) is 6.92 Å². The molecule has 0 radical (unpaired) electrons. The van der Waals surface area contributed by atoms with Crippen molar-refractivity contribution in [1.82, 2.24) is 24.8 Å². The van der Waals surface area contributed by atoms with Crippen molar-refractivity contribution in [3.05, 3.63) is 75.9 Å². The maximum absolute atomic E-state index is 13.2. The van der Waals surface area contributed by atoms with Gasteiger partial charge in [0.15, 0.2) is 6.39 Å². The number of carbonyl (C=O) groups is 1. The van der Waals surface area contributed by atoms with E-state index < -0.39 is 6.04 Å². The van der Waals surface area contributed by atoms with Crippen molar-refractivity contribution < 1.29 is 9.21 Å². The molecule has 2 N–H and O–H groups in total. The summed E-state index contributed by atoms with van der Waals surface area (Å²) in [5, 5.41) is 6.24. The van der Waals surface area contributed by atoms with Crippen LogP contribution in [0.2, 0.25) is 0 Å². The molecule has 0 aromatic carbocycles. The predicted molar refractivity (Wildman–Crippen MR) is 139 cm³/mol. The molecule has 3 aromatic rings. The number of nitrogens with one attached hydrogen (secondary N) is 2. The van der Waals surface area contributed by atoms with Crippen LogP contribution in [0.4, 0.5) is 5.69 Å². The zero-order valence-corrected chi connectivity index (χ0v) is 21.0. The highest BCUT2D eigenvalue weighted by Crippen LogP contribution is 2.23. The fraction of sp³-hybridized carbons (Fsp3) is 0.444. The number of hydrogen-bond acceptors (Lipinski definition) is 7. The molecule has 0 spiro atoms. The molecule has 0 aliphatic carbocycles. The standard InChI is InChI=1S/C27H34N6O3/c1-3-4-6-20(13-21-15-28-12-10-19(21)2)14-32-26(34)24-8-9-25-31-17-23(27(35)33(24)25)30-11-5-7-22-16-29-18-36-22/h10,12-13,15-18,24,30H,3-9,11,14H2,1-2H3,(H,32,34)/b20-13+. The number of anilines is 1. The number of amides is 1. The minimum atomic E-state index is -0.552. The largest absolute Gasteiger partial charge is 0.449 e. The Kier molecular flexibility index (Phi) is 8.65. The van der Waals surface area contributed by atoms with E-state index in [0.29, 0.717) is 37.4 Å². The summed E-state index contributed by atoms with van der Waals surface area (Å²) < 4.78 is 6.79. The van der Waals surface area contributed by atoms with Crippen LogP contribution < -0.4 is 16.2 Å². The van der Waals surface area contributed by atoms with Crippen molar-refractivity contribution in [2.75, 3.05) is 18.4 Å². The number of unbranched alkanes of at least 4 members (excludes halogenated alkanes) is 1. The number of aromatic nitrogens is 4. The smallest absolute Gasteiger partial charge is 0.277 e. The number of fused-ring (bicyclic) bond motifs is 1. The molecule has 3 aromatic heterocycles. The first-order valence-electron chi connectivity index (χ1n) is 12.7. The van der Waals surface area contributed by atoms with E-state index in [2.05, 4.69) is 45.5 Å². The van der Waals surface area contributed by atoms with Gasteiger partial charge in [0.25, 0.3) is 5.56 Å². The Balaban J connectivity index is 1.40. The van der Waals surface area contributed by atoms with Gasteiger partial charge in [-0.05, 0) is 49.8 Å². The lowest BCUT2D eigenvalue weighted by atomic mass is 10.0. The number of hydrogen-bond donors (Lipinski definition) is 2. The third-order valence-electron chi connectivity index (χ3n) is 6.50. The van der Waals surface area contributed by atoms with E-state index in [4.69, 9.17) is 4.42 Å². The van der Waals surface area contributed by atoms with Crippen LogP contribution in [-0.2, 0) is 17.6 Å². The molecule has 1 unspecified atom stereocenters. The molecule has 1 aliphatic rings. The van der Waals surface area contributed by atoms with Crippen LogP contribution in [0.5, 0.6) is 0 Å². The monoisotopic (exact) mass is 490 g/mol. The maximum atomic E-state index is 13.2. The second kappa shape index (κ2) is 12.3. The summed E-state index contributed by atoms with van der Waals surface area (Å²) in [7, 11) is 0. The quantitative estimate of drug-likeness (QED) is 0.371. The lowest BCUT2D eigenvalue weighted by Gasteiger charge is -2.17. The highest BCUT2D eigenvalue weighted by molar-refractivity contribution is 5.81. The van der Waals surface area contributed by atoms with Crippen molar-refractivity contribution in [1.29, 1.82) is 0 Å². The van der Waals surface area contributed by atoms with Crippen molar-refractivity contribution in [3.8, 4) is 0 Å². The first kappa shape index (κ1) is 25.3. The minimum absolute atomic E-state index is 0.148. The average molecular weight is 491 g/mol. The van der Waals surface area contributed by atoms with Gasteiger partial charge in [0.05, 0.1) is 12.4 Å². The first-order valence-corrected chi connectivity index (χ1v) is 12.7. The van der Waals surface area contributed by atoms with Crippen molar-refractivity contribution >= 4 is 17.7 Å². The first-order chi connectivity index (χ1) is 17.6. The number of aryl methyl sites for hydroxylation is 3. The Morgan fingerprint density at radius 3 is 2.92 bits per heavy atom. The van der Waals surface area contributed by atoms with E-state index in [-0.39, 0.29) is 11.5 Å². The second-order valence-electron chi connectivity index (χ2n) is 9.17. The van der Waals surface area contributed by atoms with Gasteiger partial charge in [0, 0.05) is 38.3 Å². The van der Waals surface area contributed by atoms with E-state index in [1.807, 2.05) is 12.3 Å². The van der Waals surface area contributed by atoms with Crippen molar-refractivity contribution in [2.24, 2.45) is 0 Å². The van der Waals surface area contributed by atoms with Crippen LogP contribution in [0.25, 0.3) is 6.08 Å². The predicted octanol–water partition coefficient (Wildman–Crippen LogP) is 3.86. The van der Waals surface area contributed by atoms with Gasteiger partial charge in [0.1, 0.15) is 23.3 Å². The van der Waals surface area contributed by atoms with Gasteiger partial charge in [-0.3, -0.25) is 19.1 Å². The highest BCUT2D eigenvalue weighted by atomic mass is 16.3. The summed E-state index contributed by atoms with van der Waals surface area (Å²) in [4.78, 5) is 39.0. The van der Waals surface area contributed by atoms with Gasteiger partial charge in [-0.2, -0.15) is 0 Å². The van der Waals surface area contributed by atoms with Crippen LogP contribution in [0.3, 0.4) is 0 Å². The van der Waals surface area contributed by atoms with E-state index in [0.717, 1.165) is 54.6 Å². The second-order valence-corrected chi connectivity index (χ2v) is 9.17. The van der Waals surface area contributed by atoms with E-state index in [1.165, 1.54) is 6.39 Å². The summed E-state index contributed by atoms with van der Waals surface area (Å²) in [5.74, 6) is 1.31. The molecule has 0 bridgehead atoms. The Morgan fingerprint density at radius 2 is 2.14 bits per heavy atom. The molecule has 0 saturated heterocycles. The van der Waals surface area contributed by atoms with Crippen molar-refractivity contribution in [3.63, 3.8) is 0 Å². The molecule has 9 heteroatoms. The summed E-state index contributed by atoms with van der Waals surface area (Å²) in [6.07, 6.45) is 16.1. The van der Waals surface area contributed by atoms with Crippen LogP contribution in [0.1, 0.15) is 67.8 Å². The summed E-state index contributed by atoms with van der Waals surface area (Å²) >= 11 is 0. The molecule has 36 heavy (non-hydrogen) atoms. The fourth-order valence-corrected chi connectivity index (χ4v) is 4.41. The molecular formula is C27H34N6O3. The Morgan fingerprint density at radius 1 is 1.25 bits per heavy atom. The fourth-order valence-electron chi connectivity index (χ4n) is 4.41. The lowest BCUT2D eigenvalue weighted by Crippen LogP contribution is -2.37. The molecule has 1 atom stereocenters. The van der Waals surface area contributed by atoms with Crippen LogP contribution in [0.15, 0.2) is 52.0 Å². The van der Waals surface area contributed by atoms with Gasteiger partial charge in [-0.25, -0.2) is 9.97 Å². The van der Waals surface area contributed by atoms with Gasteiger partial charge >= 0.3 is 0 Å². The van der Waals surface area contributed by atoms with Gasteiger partial charge in [-0.15, -0.1) is 0 Å². The van der Waals surface area contributed by atoms with Crippen LogP contribution in [-0.4, -0.2) is 38.5 Å². The summed E-state index contributed by atoms with van der Waals surface area (Å²) in [6, 6.07) is 1.43. The molecular weight excluding hydrogens is 456 g/mol. The number of rotatable bonds is 12. The normalized spacial score (nSPS) is 15.1. The lowest BCUT2D eigenvalue weighted by molar-refractivity contribution is -0.124. The molecule has 0 saturated carbocycles. The van der Waals surface area contributed by atoms with Crippen molar-refractivity contribution in [2.45, 2.75) is 64.8 Å². The third-order valence-corrected chi connectivity index (χ3v) is 6.50. The molecule has 0 fully saturated rings. The minimum Gasteiger partial charge on any atom is -0.449 e. The molecule has 4 heterocycles. The van der Waals surface area contributed by atoms with E-state index in [9.17, 15) is 9.59 Å². The summed E-state index contributed by atoms with van der Waals surface area (Å²) in [6.45, 7) is 5.24. The Bertz CT molecular complexity index is 1250. The summed E-state index contributed by atoms with van der Waals surface area (Å²) in [5.41, 5.74) is 3.56. The molecule has 190 valence electrons. The Labute approximate surface area is 211 Å². The third kappa shape index (κ3) is 6.27. The zero-order chi connectivity index (χ0) is 25.3. The number of pyridine rings is 1. The van der Waals surface area contributed by atoms with Gasteiger partial charge < -0.3 is 15.1 Å². The highest BCUT2D eigenvalue weighted by Gasteiger charge is 2.31. The number of carbonyl (C=O) groups excluding carboxylic acids is 1. The van der Waals surface area contributed by atoms with E-state index >= 15 is 0 Å². The SMILES string of the molecule is CCCC/C(=C\c1cnccc1C)CNC(=O)C1CCc2ncc(NCCCc3cnco3)c(=O)n21. The number of nitrogens with zero attached hydrogens (tertiary/aromatic N) is 4. The van der Waals surface area contributed by atoms with Gasteiger partial charge in [-0.1, -0.05) is 25.0 Å². The molecule has 1 amide bonds. The van der Waals surface area contributed by atoms with E-state index in [1.54, 1.807) is 23.2 Å².